The molecule has 3 heteroatoms. The van der Waals surface area contributed by atoms with E-state index >= 15 is 0 Å². The second kappa shape index (κ2) is 5.98. The molecule has 0 bridgehead atoms. The van der Waals surface area contributed by atoms with Crippen LogP contribution in [-0.2, 0) is 0 Å². The molecule has 20 heavy (non-hydrogen) atoms. The van der Waals surface area contributed by atoms with Gasteiger partial charge in [-0.3, -0.25) is 0 Å². The highest BCUT2D eigenvalue weighted by Gasteiger charge is 2.23. The number of hydrogen-bond donors (Lipinski definition) is 1. The van der Waals surface area contributed by atoms with Crippen molar-refractivity contribution in [1.29, 1.82) is 0 Å². The van der Waals surface area contributed by atoms with Crippen LogP contribution in [0.2, 0.25) is 0 Å². The van der Waals surface area contributed by atoms with Gasteiger partial charge >= 0.3 is 0 Å². The van der Waals surface area contributed by atoms with Crippen LogP contribution in [0.1, 0.15) is 35.9 Å². The zero-order valence-corrected chi connectivity index (χ0v) is 12.8. The molecule has 1 aliphatic rings. The van der Waals surface area contributed by atoms with E-state index in [4.69, 9.17) is 10.5 Å². The monoisotopic (exact) mass is 331 g/mol. The zero-order chi connectivity index (χ0) is 13.9. The molecule has 2 aromatic rings. The lowest BCUT2D eigenvalue weighted by atomic mass is 9.86. The third-order valence-electron chi connectivity index (χ3n) is 3.92. The van der Waals surface area contributed by atoms with Gasteiger partial charge in [0.1, 0.15) is 5.75 Å². The summed E-state index contributed by atoms with van der Waals surface area (Å²) in [6.07, 6.45) is 2.00. The molecule has 1 heterocycles. The van der Waals surface area contributed by atoms with Crippen molar-refractivity contribution in [3.8, 4) is 5.75 Å². The molecule has 0 saturated heterocycles. The van der Waals surface area contributed by atoms with E-state index in [1.807, 2.05) is 24.3 Å². The summed E-state index contributed by atoms with van der Waals surface area (Å²) < 4.78 is 6.80. The van der Waals surface area contributed by atoms with Gasteiger partial charge in [0.15, 0.2) is 0 Å². The number of nitrogens with two attached hydrogens (primary N) is 1. The van der Waals surface area contributed by atoms with E-state index in [1.165, 1.54) is 11.1 Å². The Hall–Kier alpha value is -1.32. The number of rotatable bonds is 3. The topological polar surface area (TPSA) is 35.2 Å². The Morgan fingerprint density at radius 3 is 2.70 bits per heavy atom. The molecular formula is C17H18BrNO. The maximum atomic E-state index is 6.38. The predicted molar refractivity (Wildman–Crippen MR) is 85.0 cm³/mol. The Labute approximate surface area is 128 Å². The van der Waals surface area contributed by atoms with Crippen LogP contribution in [0.3, 0.4) is 0 Å². The standard InChI is InChI=1S/C17H18BrNO/c18-14-7-5-12(6-8-14)16(19)11-13-9-10-20-17-4-2-1-3-15(13)17/h1-8,13,16H,9-11,19H2. The molecule has 0 spiro atoms. The summed E-state index contributed by atoms with van der Waals surface area (Å²) in [5.74, 6) is 1.50. The Balaban J connectivity index is 1.77. The lowest BCUT2D eigenvalue weighted by Gasteiger charge is -2.28. The maximum Gasteiger partial charge on any atom is 0.122 e. The first-order chi connectivity index (χ1) is 9.74. The molecule has 2 aromatic carbocycles. The van der Waals surface area contributed by atoms with Gasteiger partial charge in [0, 0.05) is 10.5 Å². The molecular weight excluding hydrogens is 314 g/mol. The molecule has 0 aromatic heterocycles. The first-order valence-corrected chi connectivity index (χ1v) is 7.76. The van der Waals surface area contributed by atoms with E-state index in [2.05, 4.69) is 40.2 Å². The molecule has 1 aliphatic heterocycles. The van der Waals surface area contributed by atoms with Crippen LogP contribution in [0, 0.1) is 0 Å². The van der Waals surface area contributed by atoms with Gasteiger partial charge in [0.05, 0.1) is 6.61 Å². The van der Waals surface area contributed by atoms with Gasteiger partial charge in [0.2, 0.25) is 0 Å². The minimum atomic E-state index is 0.0688. The van der Waals surface area contributed by atoms with E-state index in [1.54, 1.807) is 0 Å². The van der Waals surface area contributed by atoms with Crippen molar-refractivity contribution in [2.75, 3.05) is 6.61 Å². The lowest BCUT2D eigenvalue weighted by Crippen LogP contribution is -2.20. The first kappa shape index (κ1) is 13.7. The Morgan fingerprint density at radius 1 is 1.15 bits per heavy atom. The SMILES string of the molecule is NC(CC1CCOc2ccccc21)c1ccc(Br)cc1. The van der Waals surface area contributed by atoms with Crippen molar-refractivity contribution >= 4 is 15.9 Å². The van der Waals surface area contributed by atoms with Crippen molar-refractivity contribution < 1.29 is 4.74 Å². The van der Waals surface area contributed by atoms with Crippen molar-refractivity contribution in [3.63, 3.8) is 0 Å². The minimum absolute atomic E-state index is 0.0688. The van der Waals surface area contributed by atoms with Gasteiger partial charge in [-0.15, -0.1) is 0 Å². The summed E-state index contributed by atoms with van der Waals surface area (Å²) in [5, 5.41) is 0. The van der Waals surface area contributed by atoms with Gasteiger partial charge in [-0.25, -0.2) is 0 Å². The normalized spacial score (nSPS) is 19.0. The zero-order valence-electron chi connectivity index (χ0n) is 11.3. The van der Waals surface area contributed by atoms with E-state index in [0.717, 1.165) is 29.7 Å². The fourth-order valence-corrected chi connectivity index (χ4v) is 3.08. The second-order valence-corrected chi connectivity index (χ2v) is 6.18. The smallest absolute Gasteiger partial charge is 0.122 e. The first-order valence-electron chi connectivity index (χ1n) is 6.97. The largest absolute Gasteiger partial charge is 0.493 e. The molecule has 2 nitrogen and oxygen atoms in total. The minimum Gasteiger partial charge on any atom is -0.493 e. The van der Waals surface area contributed by atoms with Crippen molar-refractivity contribution in [3.05, 3.63) is 64.1 Å². The van der Waals surface area contributed by atoms with Crippen LogP contribution in [0.15, 0.2) is 53.0 Å². The molecule has 2 atom stereocenters. The van der Waals surface area contributed by atoms with Crippen LogP contribution in [0.4, 0.5) is 0 Å². The molecule has 2 N–H and O–H groups in total. The Bertz CT molecular complexity index is 582. The molecule has 2 unspecified atom stereocenters. The van der Waals surface area contributed by atoms with E-state index in [-0.39, 0.29) is 6.04 Å². The van der Waals surface area contributed by atoms with Crippen LogP contribution in [0.5, 0.6) is 5.75 Å². The van der Waals surface area contributed by atoms with Crippen LogP contribution < -0.4 is 10.5 Å². The molecule has 104 valence electrons. The number of hydrogen-bond acceptors (Lipinski definition) is 2. The van der Waals surface area contributed by atoms with E-state index < -0.39 is 0 Å². The highest BCUT2D eigenvalue weighted by atomic mass is 79.9. The summed E-state index contributed by atoms with van der Waals surface area (Å²) in [6, 6.07) is 16.7. The number of halogens is 1. The Kier molecular flexibility index (Phi) is 4.08. The summed E-state index contributed by atoms with van der Waals surface area (Å²) >= 11 is 3.46. The third-order valence-corrected chi connectivity index (χ3v) is 4.45. The van der Waals surface area contributed by atoms with Gasteiger partial charge in [-0.1, -0.05) is 46.3 Å². The van der Waals surface area contributed by atoms with Crippen molar-refractivity contribution in [2.45, 2.75) is 24.8 Å². The third kappa shape index (κ3) is 2.89. The summed E-state index contributed by atoms with van der Waals surface area (Å²) in [4.78, 5) is 0. The fraction of sp³-hybridized carbons (Fsp3) is 0.294. The number of benzene rings is 2. The van der Waals surface area contributed by atoms with Crippen LogP contribution >= 0.6 is 15.9 Å². The van der Waals surface area contributed by atoms with E-state index in [9.17, 15) is 0 Å². The fourth-order valence-electron chi connectivity index (χ4n) is 2.81. The molecule has 0 radical (unpaired) electrons. The Morgan fingerprint density at radius 2 is 1.90 bits per heavy atom. The maximum absolute atomic E-state index is 6.38. The average molecular weight is 332 g/mol. The molecule has 0 aliphatic carbocycles. The van der Waals surface area contributed by atoms with Gasteiger partial charge < -0.3 is 10.5 Å². The lowest BCUT2D eigenvalue weighted by molar-refractivity contribution is 0.259. The molecule has 0 saturated carbocycles. The summed E-state index contributed by atoms with van der Waals surface area (Å²) in [5.41, 5.74) is 8.87. The number of para-hydroxylation sites is 1. The average Bonchev–Trinajstić information content (AvgIpc) is 2.48. The van der Waals surface area contributed by atoms with E-state index in [0.29, 0.717) is 5.92 Å². The molecule has 0 amide bonds. The second-order valence-electron chi connectivity index (χ2n) is 5.27. The highest BCUT2D eigenvalue weighted by Crippen LogP contribution is 2.38. The van der Waals surface area contributed by atoms with Crippen LogP contribution in [-0.4, -0.2) is 6.61 Å². The number of ether oxygens (including phenoxy) is 1. The molecule has 3 rings (SSSR count). The molecule has 0 fully saturated rings. The van der Waals surface area contributed by atoms with Gasteiger partial charge in [-0.05, 0) is 48.1 Å². The summed E-state index contributed by atoms with van der Waals surface area (Å²) in [7, 11) is 0. The highest BCUT2D eigenvalue weighted by molar-refractivity contribution is 9.10. The predicted octanol–water partition coefficient (Wildman–Crippen LogP) is 4.41. The quantitative estimate of drug-likeness (QED) is 0.904. The van der Waals surface area contributed by atoms with Crippen molar-refractivity contribution in [2.24, 2.45) is 5.73 Å². The number of fused-ring (bicyclic) bond motifs is 1. The van der Waals surface area contributed by atoms with Gasteiger partial charge in [0.25, 0.3) is 0 Å². The van der Waals surface area contributed by atoms with Crippen molar-refractivity contribution in [1.82, 2.24) is 0 Å². The summed E-state index contributed by atoms with van der Waals surface area (Å²) in [6.45, 7) is 0.786. The van der Waals surface area contributed by atoms with Gasteiger partial charge in [-0.2, -0.15) is 0 Å². The van der Waals surface area contributed by atoms with Crippen LogP contribution in [0.25, 0.3) is 0 Å².